The van der Waals surface area contributed by atoms with Crippen molar-refractivity contribution < 1.29 is 4.74 Å². The second-order valence-electron chi connectivity index (χ2n) is 8.20. The van der Waals surface area contributed by atoms with Crippen molar-refractivity contribution >= 4 is 7.92 Å². The molecular formula is C25H45OP. The van der Waals surface area contributed by atoms with Crippen LogP contribution in [0, 0.1) is 5.92 Å². The van der Waals surface area contributed by atoms with Crippen molar-refractivity contribution in [2.24, 2.45) is 5.92 Å². The molecule has 0 aliphatic heterocycles. The molecule has 156 valence electrons. The molecule has 2 heteroatoms. The van der Waals surface area contributed by atoms with Gasteiger partial charge in [-0.05, 0) is 57.0 Å². The lowest BCUT2D eigenvalue weighted by molar-refractivity contribution is 0.0191. The fraction of sp³-hybridized carbons (Fsp3) is 0.760. The molecule has 4 unspecified atom stereocenters. The quantitative estimate of drug-likeness (QED) is 0.202. The number of rotatable bonds is 15. The van der Waals surface area contributed by atoms with Gasteiger partial charge in [-0.3, -0.25) is 0 Å². The lowest BCUT2D eigenvalue weighted by atomic mass is 10.1. The molecule has 0 aromatic carbocycles. The summed E-state index contributed by atoms with van der Waals surface area (Å²) < 4.78 is 6.26. The van der Waals surface area contributed by atoms with Crippen molar-refractivity contribution in [2.75, 3.05) is 12.3 Å². The molecule has 0 aromatic rings. The molecule has 0 aromatic heterocycles. The van der Waals surface area contributed by atoms with E-state index in [-0.39, 0.29) is 7.92 Å². The molecule has 0 spiro atoms. The maximum Gasteiger partial charge on any atom is 0.0589 e. The highest BCUT2D eigenvalue weighted by Crippen LogP contribution is 2.48. The van der Waals surface area contributed by atoms with Gasteiger partial charge in [-0.25, -0.2) is 0 Å². The summed E-state index contributed by atoms with van der Waals surface area (Å²) in [6.45, 7) is 11.4. The topological polar surface area (TPSA) is 9.23 Å². The minimum absolute atomic E-state index is 0.0137. The third-order valence-corrected chi connectivity index (χ3v) is 9.19. The molecule has 0 amide bonds. The molecule has 0 saturated heterocycles. The van der Waals surface area contributed by atoms with Crippen LogP contribution >= 0.6 is 7.92 Å². The molecule has 1 rings (SSSR count). The van der Waals surface area contributed by atoms with Crippen LogP contribution in [0.2, 0.25) is 0 Å². The van der Waals surface area contributed by atoms with Gasteiger partial charge >= 0.3 is 0 Å². The van der Waals surface area contributed by atoms with E-state index in [0.29, 0.717) is 18.1 Å². The van der Waals surface area contributed by atoms with Crippen LogP contribution in [-0.2, 0) is 4.74 Å². The van der Waals surface area contributed by atoms with Crippen LogP contribution in [0.5, 0.6) is 0 Å². The van der Waals surface area contributed by atoms with Gasteiger partial charge < -0.3 is 4.74 Å². The zero-order valence-corrected chi connectivity index (χ0v) is 19.6. The molecule has 0 fully saturated rings. The maximum absolute atomic E-state index is 6.26. The first-order chi connectivity index (χ1) is 13.1. The van der Waals surface area contributed by atoms with E-state index in [1.807, 2.05) is 0 Å². The monoisotopic (exact) mass is 392 g/mol. The number of allylic oxidation sites excluding steroid dienone is 6. The van der Waals surface area contributed by atoms with Gasteiger partial charge in [-0.1, -0.05) is 89.3 Å². The van der Waals surface area contributed by atoms with E-state index in [0.717, 1.165) is 12.1 Å². The standard InChI is InChI=1S/C25H45OP/c1-6-9-10-11-16-19-25(8-3)27(20-23(5)26-22(4)7-2)21-24-17-14-12-13-15-18-24/h12-15,17-18,22-25H,6-11,16,19-21H2,1-5H3. The van der Waals surface area contributed by atoms with Crippen LogP contribution in [0.15, 0.2) is 36.5 Å². The number of hydrogen-bond acceptors (Lipinski definition) is 1. The van der Waals surface area contributed by atoms with E-state index in [2.05, 4.69) is 71.1 Å². The summed E-state index contributed by atoms with van der Waals surface area (Å²) in [7, 11) is -0.0137. The third-order valence-electron chi connectivity index (χ3n) is 5.65. The smallest absolute Gasteiger partial charge is 0.0589 e. The second-order valence-corrected chi connectivity index (χ2v) is 10.8. The number of unbranched alkanes of at least 4 members (excludes halogenated alkanes) is 4. The average Bonchev–Trinajstić information content (AvgIpc) is 2.92. The molecule has 1 aliphatic rings. The largest absolute Gasteiger partial charge is 0.375 e. The zero-order valence-electron chi connectivity index (χ0n) is 18.7. The lowest BCUT2D eigenvalue weighted by Gasteiger charge is -2.32. The van der Waals surface area contributed by atoms with E-state index in [1.54, 1.807) is 0 Å². The summed E-state index contributed by atoms with van der Waals surface area (Å²) in [6.07, 6.45) is 27.7. The number of hydrogen-bond donors (Lipinski definition) is 0. The van der Waals surface area contributed by atoms with Crippen molar-refractivity contribution in [3.8, 4) is 0 Å². The number of ether oxygens (including phenoxy) is 1. The van der Waals surface area contributed by atoms with Crippen LogP contribution < -0.4 is 0 Å². The molecule has 4 atom stereocenters. The second kappa shape index (κ2) is 15.5. The van der Waals surface area contributed by atoms with Crippen LogP contribution in [-0.4, -0.2) is 30.2 Å². The summed E-state index contributed by atoms with van der Waals surface area (Å²) >= 11 is 0. The van der Waals surface area contributed by atoms with Gasteiger partial charge in [0.05, 0.1) is 12.2 Å². The Labute approximate surface area is 171 Å². The average molecular weight is 393 g/mol. The molecule has 0 bridgehead atoms. The maximum atomic E-state index is 6.26. The fourth-order valence-corrected chi connectivity index (χ4v) is 7.21. The Morgan fingerprint density at radius 2 is 1.48 bits per heavy atom. The van der Waals surface area contributed by atoms with Crippen molar-refractivity contribution in [3.05, 3.63) is 36.5 Å². The zero-order chi connectivity index (χ0) is 19.9. The summed E-state index contributed by atoms with van der Waals surface area (Å²) in [5.74, 6) is 0.594. The molecule has 0 radical (unpaired) electrons. The summed E-state index contributed by atoms with van der Waals surface area (Å²) in [6, 6.07) is 0. The Hall–Kier alpha value is -0.390. The Morgan fingerprint density at radius 1 is 0.815 bits per heavy atom. The first kappa shape index (κ1) is 24.6. The molecule has 0 N–H and O–H groups in total. The van der Waals surface area contributed by atoms with Crippen LogP contribution in [0.1, 0.15) is 86.0 Å². The van der Waals surface area contributed by atoms with E-state index in [9.17, 15) is 0 Å². The predicted octanol–water partition coefficient (Wildman–Crippen LogP) is 8.11. The van der Waals surface area contributed by atoms with Crippen LogP contribution in [0.4, 0.5) is 0 Å². The van der Waals surface area contributed by atoms with Gasteiger partial charge in [0.25, 0.3) is 0 Å². The lowest BCUT2D eigenvalue weighted by Crippen LogP contribution is -2.23. The summed E-state index contributed by atoms with van der Waals surface area (Å²) in [5, 5.41) is 0. The van der Waals surface area contributed by atoms with E-state index >= 15 is 0 Å². The van der Waals surface area contributed by atoms with Crippen molar-refractivity contribution in [3.63, 3.8) is 0 Å². The van der Waals surface area contributed by atoms with Gasteiger partial charge in [0.2, 0.25) is 0 Å². The van der Waals surface area contributed by atoms with E-state index in [1.165, 1.54) is 57.3 Å². The highest BCUT2D eigenvalue weighted by atomic mass is 31.1. The Balaban J connectivity index is 2.67. The molecule has 0 saturated carbocycles. The minimum atomic E-state index is -0.0137. The summed E-state index contributed by atoms with van der Waals surface area (Å²) in [5.41, 5.74) is 0.891. The first-order valence-electron chi connectivity index (χ1n) is 11.5. The summed E-state index contributed by atoms with van der Waals surface area (Å²) in [4.78, 5) is 0. The Morgan fingerprint density at radius 3 is 2.07 bits per heavy atom. The van der Waals surface area contributed by atoms with Gasteiger partial charge in [0.15, 0.2) is 0 Å². The van der Waals surface area contributed by atoms with E-state index < -0.39 is 0 Å². The molecule has 1 nitrogen and oxygen atoms in total. The predicted molar refractivity (Wildman–Crippen MR) is 125 cm³/mol. The van der Waals surface area contributed by atoms with Crippen molar-refractivity contribution in [1.82, 2.24) is 0 Å². The van der Waals surface area contributed by atoms with Gasteiger partial charge in [-0.15, -0.1) is 7.92 Å². The SMILES string of the molecule is CCCCCCCC(CC)P(CC1C=CC=CC=C1)CC(C)OC(C)CC. The Kier molecular flexibility index (Phi) is 14.2. The van der Waals surface area contributed by atoms with Gasteiger partial charge in [-0.2, -0.15) is 0 Å². The van der Waals surface area contributed by atoms with Crippen LogP contribution in [0.3, 0.4) is 0 Å². The normalized spacial score (nSPS) is 19.0. The van der Waals surface area contributed by atoms with E-state index in [4.69, 9.17) is 4.74 Å². The minimum Gasteiger partial charge on any atom is -0.375 e. The fourth-order valence-electron chi connectivity index (χ4n) is 3.87. The van der Waals surface area contributed by atoms with Crippen molar-refractivity contribution in [1.29, 1.82) is 0 Å². The van der Waals surface area contributed by atoms with Gasteiger partial charge in [0, 0.05) is 0 Å². The van der Waals surface area contributed by atoms with Crippen LogP contribution in [0.25, 0.3) is 0 Å². The third kappa shape index (κ3) is 11.3. The molecule has 27 heavy (non-hydrogen) atoms. The molecule has 1 aliphatic carbocycles. The van der Waals surface area contributed by atoms with Crippen molar-refractivity contribution in [2.45, 2.75) is 104 Å². The molecular weight excluding hydrogens is 347 g/mol. The Bertz CT molecular complexity index is 424. The molecule has 0 heterocycles. The highest BCUT2D eigenvalue weighted by Gasteiger charge is 2.24. The first-order valence-corrected chi connectivity index (χ1v) is 13.3. The van der Waals surface area contributed by atoms with Gasteiger partial charge in [0.1, 0.15) is 0 Å². The highest BCUT2D eigenvalue weighted by molar-refractivity contribution is 7.58.